The number of nitrogens with zero attached hydrogens (tertiary/aromatic N) is 2. The van der Waals surface area contributed by atoms with E-state index in [4.69, 9.17) is 0 Å². The van der Waals surface area contributed by atoms with E-state index in [-0.39, 0.29) is 11.7 Å². The van der Waals surface area contributed by atoms with Crippen LogP contribution >= 0.6 is 0 Å². The van der Waals surface area contributed by atoms with E-state index in [1.807, 2.05) is 26.0 Å². The highest BCUT2D eigenvalue weighted by molar-refractivity contribution is 6.00. The third-order valence-corrected chi connectivity index (χ3v) is 4.40. The molecule has 9 nitrogen and oxygen atoms in total. The summed E-state index contributed by atoms with van der Waals surface area (Å²) < 4.78 is 1.48. The fourth-order valence-corrected chi connectivity index (χ4v) is 2.91. The molecule has 4 amide bonds. The van der Waals surface area contributed by atoms with Crippen LogP contribution < -0.4 is 27.0 Å². The fraction of sp³-hybridized carbons (Fsp3) is 0.182. The zero-order valence-electron chi connectivity index (χ0n) is 17.3. The van der Waals surface area contributed by atoms with Gasteiger partial charge in [-0.25, -0.2) is 19.4 Å². The monoisotopic (exact) mass is 420 g/mol. The molecule has 3 aromatic rings. The van der Waals surface area contributed by atoms with Crippen molar-refractivity contribution < 1.29 is 9.59 Å². The molecule has 2 aromatic carbocycles. The van der Waals surface area contributed by atoms with E-state index < -0.39 is 6.03 Å². The molecule has 0 aliphatic rings. The van der Waals surface area contributed by atoms with Gasteiger partial charge < -0.3 is 21.3 Å². The van der Waals surface area contributed by atoms with Crippen molar-refractivity contribution in [2.75, 3.05) is 22.5 Å². The first kappa shape index (κ1) is 21.6. The van der Waals surface area contributed by atoms with Crippen LogP contribution in [0.3, 0.4) is 0 Å². The van der Waals surface area contributed by atoms with Crippen LogP contribution in [0.5, 0.6) is 0 Å². The lowest BCUT2D eigenvalue weighted by Gasteiger charge is -2.13. The minimum absolute atomic E-state index is 0.309. The van der Waals surface area contributed by atoms with E-state index in [1.54, 1.807) is 42.6 Å². The number of carbonyl (C=O) groups excluding carboxylic acids is 2. The molecule has 0 fully saturated rings. The van der Waals surface area contributed by atoms with Gasteiger partial charge in [0.05, 0.1) is 6.54 Å². The number of amides is 4. The van der Waals surface area contributed by atoms with Gasteiger partial charge in [0.1, 0.15) is 0 Å². The average molecular weight is 420 g/mol. The Balaban J connectivity index is 1.65. The molecule has 4 N–H and O–H groups in total. The Morgan fingerprint density at radius 2 is 1.74 bits per heavy atom. The van der Waals surface area contributed by atoms with Crippen LogP contribution in [0.1, 0.15) is 18.1 Å². The van der Waals surface area contributed by atoms with Crippen molar-refractivity contribution in [1.82, 2.24) is 14.9 Å². The second-order valence-electron chi connectivity index (χ2n) is 6.82. The lowest BCUT2D eigenvalue weighted by molar-refractivity contribution is 0.252. The fourth-order valence-electron chi connectivity index (χ4n) is 2.91. The number of anilines is 3. The number of rotatable bonds is 6. The van der Waals surface area contributed by atoms with Crippen LogP contribution in [-0.4, -0.2) is 28.2 Å². The van der Waals surface area contributed by atoms with Crippen LogP contribution in [0.4, 0.5) is 26.7 Å². The van der Waals surface area contributed by atoms with Gasteiger partial charge in [-0.1, -0.05) is 18.2 Å². The normalized spacial score (nSPS) is 10.3. The van der Waals surface area contributed by atoms with Gasteiger partial charge in [-0.15, -0.1) is 0 Å². The number of carbonyl (C=O) groups is 2. The SMILES string of the molecule is CCNC(=O)Nc1cc(NC(=O)Nc2cccc(Cn3cccnc3=O)c2)ccc1C. The molecular formula is C22H24N6O3. The predicted octanol–water partition coefficient (Wildman–Crippen LogP) is 3.39. The third kappa shape index (κ3) is 6.17. The molecule has 0 unspecified atom stereocenters. The highest BCUT2D eigenvalue weighted by Gasteiger charge is 2.08. The molecule has 9 heteroatoms. The quantitative estimate of drug-likeness (QED) is 0.489. The number of urea groups is 2. The van der Waals surface area contributed by atoms with Crippen LogP contribution in [0.25, 0.3) is 0 Å². The molecule has 0 saturated carbocycles. The summed E-state index contributed by atoms with van der Waals surface area (Å²) in [6, 6.07) is 13.4. The first-order valence-corrected chi connectivity index (χ1v) is 9.78. The van der Waals surface area contributed by atoms with Crippen molar-refractivity contribution in [2.45, 2.75) is 20.4 Å². The largest absolute Gasteiger partial charge is 0.347 e. The maximum Gasteiger partial charge on any atom is 0.347 e. The van der Waals surface area contributed by atoms with Crippen LogP contribution in [-0.2, 0) is 6.54 Å². The summed E-state index contributed by atoms with van der Waals surface area (Å²) in [5.74, 6) is 0. The van der Waals surface area contributed by atoms with Gasteiger partial charge in [0.15, 0.2) is 0 Å². The molecule has 0 aliphatic heterocycles. The van der Waals surface area contributed by atoms with Gasteiger partial charge in [-0.2, -0.15) is 0 Å². The minimum atomic E-state index is -0.427. The van der Waals surface area contributed by atoms with Gasteiger partial charge in [0.25, 0.3) is 0 Å². The van der Waals surface area contributed by atoms with Crippen molar-refractivity contribution in [3.05, 3.63) is 82.5 Å². The molecule has 0 saturated heterocycles. The Morgan fingerprint density at radius 1 is 0.968 bits per heavy atom. The van der Waals surface area contributed by atoms with Crippen LogP contribution in [0.2, 0.25) is 0 Å². The Kier molecular flexibility index (Phi) is 7.00. The first-order chi connectivity index (χ1) is 14.9. The van der Waals surface area contributed by atoms with Crippen LogP contribution in [0, 0.1) is 6.92 Å². The highest BCUT2D eigenvalue weighted by Crippen LogP contribution is 2.21. The Hall–Kier alpha value is -4.14. The number of aromatic nitrogens is 2. The van der Waals surface area contributed by atoms with E-state index in [2.05, 4.69) is 26.3 Å². The molecule has 0 spiro atoms. The lowest BCUT2D eigenvalue weighted by atomic mass is 10.2. The second-order valence-corrected chi connectivity index (χ2v) is 6.82. The van der Waals surface area contributed by atoms with Gasteiger partial charge in [-0.3, -0.25) is 4.57 Å². The lowest BCUT2D eigenvalue weighted by Crippen LogP contribution is -2.28. The number of nitrogens with one attached hydrogen (secondary N) is 4. The van der Waals surface area contributed by atoms with E-state index in [1.165, 1.54) is 10.8 Å². The Bertz CT molecular complexity index is 1140. The van der Waals surface area contributed by atoms with Gasteiger partial charge in [0.2, 0.25) is 0 Å². The molecular weight excluding hydrogens is 396 g/mol. The summed E-state index contributed by atoms with van der Waals surface area (Å²) in [6.07, 6.45) is 3.11. The first-order valence-electron chi connectivity index (χ1n) is 9.78. The number of hydrogen-bond donors (Lipinski definition) is 4. The van der Waals surface area contributed by atoms with Gasteiger partial charge >= 0.3 is 17.8 Å². The van der Waals surface area contributed by atoms with Crippen molar-refractivity contribution in [3.8, 4) is 0 Å². The van der Waals surface area contributed by atoms with Gasteiger partial charge in [0, 0.05) is 36.0 Å². The van der Waals surface area contributed by atoms with E-state index in [0.29, 0.717) is 30.2 Å². The topological polar surface area (TPSA) is 117 Å². The summed E-state index contributed by atoms with van der Waals surface area (Å²) in [6.45, 7) is 4.56. The summed E-state index contributed by atoms with van der Waals surface area (Å²) in [4.78, 5) is 39.7. The standard InChI is InChI=1S/C22H24N6O3/c1-3-23-20(29)27-19-13-18(9-8-15(19)2)26-21(30)25-17-7-4-6-16(12-17)14-28-11-5-10-24-22(28)31/h4-13H,3,14H2,1-2H3,(H2,23,27,29)(H2,25,26,30). The molecule has 3 rings (SSSR count). The van der Waals surface area contributed by atoms with Crippen molar-refractivity contribution in [3.63, 3.8) is 0 Å². The summed E-state index contributed by atoms with van der Waals surface area (Å²) in [7, 11) is 0. The molecule has 0 aliphatic carbocycles. The molecule has 0 bridgehead atoms. The predicted molar refractivity (Wildman–Crippen MR) is 121 cm³/mol. The summed E-state index contributed by atoms with van der Waals surface area (Å²) in [5, 5.41) is 10.9. The van der Waals surface area contributed by atoms with Crippen molar-refractivity contribution >= 4 is 29.1 Å². The summed E-state index contributed by atoms with van der Waals surface area (Å²) >= 11 is 0. The molecule has 1 heterocycles. The van der Waals surface area contributed by atoms with E-state index in [0.717, 1.165) is 11.1 Å². The highest BCUT2D eigenvalue weighted by atomic mass is 16.2. The summed E-state index contributed by atoms with van der Waals surface area (Å²) in [5.41, 5.74) is 3.10. The molecule has 0 radical (unpaired) electrons. The van der Waals surface area contributed by atoms with Crippen LogP contribution in [0.15, 0.2) is 65.7 Å². The van der Waals surface area contributed by atoms with E-state index in [9.17, 15) is 14.4 Å². The molecule has 1 aromatic heterocycles. The molecule has 31 heavy (non-hydrogen) atoms. The van der Waals surface area contributed by atoms with Gasteiger partial charge in [-0.05, 0) is 55.3 Å². The maximum atomic E-state index is 12.4. The zero-order chi connectivity index (χ0) is 22.2. The Labute approximate surface area is 179 Å². The number of hydrogen-bond acceptors (Lipinski definition) is 4. The minimum Gasteiger partial charge on any atom is -0.338 e. The van der Waals surface area contributed by atoms with Crippen molar-refractivity contribution in [2.24, 2.45) is 0 Å². The number of benzene rings is 2. The average Bonchev–Trinajstić information content (AvgIpc) is 2.72. The maximum absolute atomic E-state index is 12.4. The molecule has 160 valence electrons. The zero-order valence-corrected chi connectivity index (χ0v) is 17.3. The van der Waals surface area contributed by atoms with Crippen molar-refractivity contribution in [1.29, 1.82) is 0 Å². The second kappa shape index (κ2) is 10.1. The van der Waals surface area contributed by atoms with E-state index >= 15 is 0 Å². The number of aryl methyl sites for hydroxylation is 1. The smallest absolute Gasteiger partial charge is 0.338 e. The molecule has 0 atom stereocenters. The Morgan fingerprint density at radius 3 is 2.48 bits per heavy atom. The third-order valence-electron chi connectivity index (χ3n) is 4.40.